The Morgan fingerprint density at radius 2 is 1.50 bits per heavy atom. The fourth-order valence-electron chi connectivity index (χ4n) is 1.07. The Labute approximate surface area is 77.8 Å². The molecule has 0 aliphatic heterocycles. The molecule has 0 nitrogen and oxygen atoms in total. The Morgan fingerprint density at radius 1 is 1.00 bits per heavy atom. The SMILES string of the molecule is FC(F)c1ccc(C[B-](F)(F)F)cc1. The molecular weight excluding hydrogens is 202 g/mol. The molecule has 0 aliphatic rings. The van der Waals surface area contributed by atoms with Crippen molar-refractivity contribution in [3.05, 3.63) is 35.4 Å². The topological polar surface area (TPSA) is 0 Å². The molecule has 0 atom stereocenters. The molecule has 0 aromatic heterocycles. The average molecular weight is 209 g/mol. The van der Waals surface area contributed by atoms with E-state index < -0.39 is 19.7 Å². The average Bonchev–Trinajstić information content (AvgIpc) is 2.02. The summed E-state index contributed by atoms with van der Waals surface area (Å²) in [4.78, 5) is 0. The first-order valence-corrected chi connectivity index (χ1v) is 3.96. The highest BCUT2D eigenvalue weighted by Gasteiger charge is 2.23. The molecule has 78 valence electrons. The van der Waals surface area contributed by atoms with Gasteiger partial charge < -0.3 is 12.9 Å². The summed E-state index contributed by atoms with van der Waals surface area (Å²) in [6.07, 6.45) is -3.66. The third-order valence-corrected chi connectivity index (χ3v) is 1.70. The molecule has 0 aliphatic carbocycles. The van der Waals surface area contributed by atoms with Crippen LogP contribution in [0.1, 0.15) is 17.6 Å². The Morgan fingerprint density at radius 3 is 1.86 bits per heavy atom. The molecule has 0 spiro atoms. The third-order valence-electron chi connectivity index (χ3n) is 1.70. The molecule has 6 heteroatoms. The van der Waals surface area contributed by atoms with E-state index in [1.54, 1.807) is 0 Å². The Bertz CT molecular complexity index is 290. The molecule has 0 bridgehead atoms. The fraction of sp³-hybridized carbons (Fsp3) is 0.250. The normalized spacial score (nSPS) is 12.1. The highest BCUT2D eigenvalue weighted by atomic mass is 19.4. The first kappa shape index (κ1) is 11.0. The van der Waals surface area contributed by atoms with Crippen molar-refractivity contribution in [2.24, 2.45) is 0 Å². The van der Waals surface area contributed by atoms with Crippen molar-refractivity contribution in [3.63, 3.8) is 0 Å². The van der Waals surface area contributed by atoms with E-state index in [4.69, 9.17) is 0 Å². The highest BCUT2D eigenvalue weighted by Crippen LogP contribution is 2.21. The monoisotopic (exact) mass is 209 g/mol. The second kappa shape index (κ2) is 3.98. The van der Waals surface area contributed by atoms with Crippen molar-refractivity contribution in [1.82, 2.24) is 0 Å². The lowest BCUT2D eigenvalue weighted by Gasteiger charge is -2.13. The van der Waals surface area contributed by atoms with Gasteiger partial charge in [-0.1, -0.05) is 36.1 Å². The van der Waals surface area contributed by atoms with Gasteiger partial charge in [0.15, 0.2) is 0 Å². The minimum atomic E-state index is -4.90. The van der Waals surface area contributed by atoms with Gasteiger partial charge in [0.2, 0.25) is 0 Å². The Balaban J connectivity index is 2.74. The molecular formula is C8H7BF5-. The molecule has 1 rings (SSSR count). The van der Waals surface area contributed by atoms with Gasteiger partial charge in [-0.15, -0.1) is 0 Å². The highest BCUT2D eigenvalue weighted by molar-refractivity contribution is 6.57. The first-order valence-electron chi connectivity index (χ1n) is 3.96. The largest absolute Gasteiger partial charge is 0.482 e. The fourth-order valence-corrected chi connectivity index (χ4v) is 1.07. The van der Waals surface area contributed by atoms with Crippen LogP contribution in [0.5, 0.6) is 0 Å². The molecule has 0 saturated carbocycles. The van der Waals surface area contributed by atoms with Gasteiger partial charge in [-0.3, -0.25) is 0 Å². The summed E-state index contributed by atoms with van der Waals surface area (Å²) in [5.41, 5.74) is -0.245. The van der Waals surface area contributed by atoms with Crippen LogP contribution in [0.25, 0.3) is 0 Å². The van der Waals surface area contributed by atoms with Gasteiger partial charge in [0, 0.05) is 5.56 Å². The molecule has 0 amide bonds. The minimum absolute atomic E-state index is 0.0156. The first-order chi connectivity index (χ1) is 6.38. The number of halogens is 5. The van der Waals surface area contributed by atoms with E-state index in [1.165, 1.54) is 0 Å². The summed E-state index contributed by atoms with van der Waals surface area (Å²) < 4.78 is 59.8. The molecule has 0 fully saturated rings. The van der Waals surface area contributed by atoms with Crippen molar-refractivity contribution < 1.29 is 21.7 Å². The Kier molecular flexibility index (Phi) is 3.13. The van der Waals surface area contributed by atoms with Crippen LogP contribution >= 0.6 is 0 Å². The van der Waals surface area contributed by atoms with Gasteiger partial charge in [0.25, 0.3) is 6.43 Å². The lowest BCUT2D eigenvalue weighted by Crippen LogP contribution is -2.19. The van der Waals surface area contributed by atoms with Crippen LogP contribution in [0.2, 0.25) is 0 Å². The maximum atomic E-state index is 12.0. The summed E-state index contributed by atoms with van der Waals surface area (Å²) in [5, 5.41) is 0. The number of alkyl halides is 2. The Hall–Kier alpha value is -1.07. The quantitative estimate of drug-likeness (QED) is 0.527. The zero-order valence-electron chi connectivity index (χ0n) is 7.06. The van der Waals surface area contributed by atoms with Crippen LogP contribution in [0.4, 0.5) is 21.7 Å². The number of hydrogen-bond donors (Lipinski definition) is 0. The van der Waals surface area contributed by atoms with E-state index in [-0.39, 0.29) is 11.1 Å². The van der Waals surface area contributed by atoms with Gasteiger partial charge in [-0.25, -0.2) is 8.78 Å². The van der Waals surface area contributed by atoms with Gasteiger partial charge >= 0.3 is 6.98 Å². The van der Waals surface area contributed by atoms with Crippen LogP contribution in [0, 0.1) is 0 Å². The van der Waals surface area contributed by atoms with Crippen LogP contribution in [0.3, 0.4) is 0 Å². The predicted octanol–water partition coefficient (Wildman–Crippen LogP) is 3.55. The van der Waals surface area contributed by atoms with E-state index in [9.17, 15) is 21.7 Å². The van der Waals surface area contributed by atoms with Crippen molar-refractivity contribution in [2.45, 2.75) is 12.7 Å². The van der Waals surface area contributed by atoms with Gasteiger partial charge in [0.1, 0.15) is 0 Å². The third kappa shape index (κ3) is 3.36. The molecule has 14 heavy (non-hydrogen) atoms. The second-order valence-electron chi connectivity index (χ2n) is 2.96. The molecule has 1 aromatic rings. The number of rotatable bonds is 3. The molecule has 0 saturated heterocycles. The van der Waals surface area contributed by atoms with E-state index in [2.05, 4.69) is 0 Å². The van der Waals surface area contributed by atoms with E-state index >= 15 is 0 Å². The van der Waals surface area contributed by atoms with E-state index in [1.807, 2.05) is 0 Å². The summed E-state index contributed by atoms with van der Waals surface area (Å²) >= 11 is 0. The summed E-state index contributed by atoms with van der Waals surface area (Å²) in [6, 6.07) is 4.19. The zero-order valence-corrected chi connectivity index (χ0v) is 7.06. The van der Waals surface area contributed by atoms with E-state index in [0.717, 1.165) is 24.3 Å². The predicted molar refractivity (Wildman–Crippen MR) is 44.2 cm³/mol. The van der Waals surface area contributed by atoms with Gasteiger partial charge in [-0.05, 0) is 0 Å². The van der Waals surface area contributed by atoms with Crippen LogP contribution in [-0.2, 0) is 6.32 Å². The molecule has 0 N–H and O–H groups in total. The molecule has 0 unspecified atom stereocenters. The van der Waals surface area contributed by atoms with Crippen molar-refractivity contribution in [1.29, 1.82) is 0 Å². The van der Waals surface area contributed by atoms with Gasteiger partial charge in [0.05, 0.1) is 0 Å². The van der Waals surface area contributed by atoms with Crippen molar-refractivity contribution in [2.75, 3.05) is 0 Å². The number of hydrogen-bond acceptors (Lipinski definition) is 0. The van der Waals surface area contributed by atoms with Crippen LogP contribution in [-0.4, -0.2) is 6.98 Å². The van der Waals surface area contributed by atoms with Crippen LogP contribution < -0.4 is 0 Å². The summed E-state index contributed by atoms with van der Waals surface area (Å²) in [7, 11) is 0. The maximum absolute atomic E-state index is 12.0. The van der Waals surface area contributed by atoms with E-state index in [0.29, 0.717) is 0 Å². The summed E-state index contributed by atoms with van der Waals surface area (Å²) in [6.45, 7) is -4.90. The lowest BCUT2D eigenvalue weighted by atomic mass is 9.82. The minimum Gasteiger partial charge on any atom is -0.449 e. The van der Waals surface area contributed by atoms with Gasteiger partial charge in [-0.2, -0.15) is 0 Å². The standard InChI is InChI=1S/C8H7BF5/c10-8(11)7-3-1-6(2-4-7)5-9(12,13)14/h1-4,8H,5H2/q-1. The van der Waals surface area contributed by atoms with Crippen molar-refractivity contribution >= 4 is 6.98 Å². The maximum Gasteiger partial charge on any atom is 0.482 e. The molecule has 0 radical (unpaired) electrons. The second-order valence-corrected chi connectivity index (χ2v) is 2.96. The van der Waals surface area contributed by atoms with Crippen LogP contribution in [0.15, 0.2) is 24.3 Å². The molecule has 1 aromatic carbocycles. The number of benzene rings is 1. The van der Waals surface area contributed by atoms with Crippen molar-refractivity contribution in [3.8, 4) is 0 Å². The lowest BCUT2D eigenvalue weighted by molar-refractivity contribution is 0.151. The summed E-state index contributed by atoms with van der Waals surface area (Å²) in [5.74, 6) is 0. The smallest absolute Gasteiger partial charge is 0.449 e. The zero-order chi connectivity index (χ0) is 10.8. The molecule has 0 heterocycles.